The van der Waals surface area contributed by atoms with Gasteiger partial charge >= 0.3 is 12.3 Å². The summed E-state index contributed by atoms with van der Waals surface area (Å²) in [6.45, 7) is 1.17. The van der Waals surface area contributed by atoms with Crippen LogP contribution in [-0.2, 0) is 4.79 Å². The van der Waals surface area contributed by atoms with Crippen LogP contribution in [0, 0.1) is 0 Å². The van der Waals surface area contributed by atoms with Crippen molar-refractivity contribution in [3.8, 4) is 0 Å². The van der Waals surface area contributed by atoms with E-state index in [0.717, 1.165) is 0 Å². The molecule has 0 aromatic heterocycles. The number of alkyl halides is 7. The summed E-state index contributed by atoms with van der Waals surface area (Å²) in [6.07, 6.45) is -10.5. The van der Waals surface area contributed by atoms with Gasteiger partial charge in [0.05, 0.1) is 0 Å². The quantitative estimate of drug-likeness (QED) is 0.523. The van der Waals surface area contributed by atoms with Crippen molar-refractivity contribution >= 4 is 16.9 Å². The van der Waals surface area contributed by atoms with Crippen molar-refractivity contribution in [1.29, 1.82) is 0 Å². The van der Waals surface area contributed by atoms with E-state index in [1.807, 2.05) is 0 Å². The highest BCUT2D eigenvalue weighted by Crippen LogP contribution is 2.40. The Morgan fingerprint density at radius 3 is 2.06 bits per heavy atom. The third-order valence-corrected chi connectivity index (χ3v) is 2.86. The van der Waals surface area contributed by atoms with Crippen molar-refractivity contribution in [2.45, 2.75) is 44.2 Å². The predicted molar refractivity (Wildman–Crippen MR) is 53.2 cm³/mol. The number of carbonyl (C=O) groups is 1. The third-order valence-electron chi connectivity index (χ3n) is 1.96. The molecule has 0 aromatic carbocycles. The van der Waals surface area contributed by atoms with Crippen molar-refractivity contribution in [1.82, 2.24) is 0 Å². The van der Waals surface area contributed by atoms with E-state index < -0.39 is 37.3 Å². The molecule has 0 amide bonds. The van der Waals surface area contributed by atoms with Crippen molar-refractivity contribution in [2.24, 2.45) is 0 Å². The van der Waals surface area contributed by atoms with E-state index in [4.69, 9.17) is 0 Å². The summed E-state index contributed by atoms with van der Waals surface area (Å²) in [6, 6.07) is 0. The zero-order valence-electron chi connectivity index (χ0n) is 9.24. The molecule has 18 heavy (non-hydrogen) atoms. The first-order valence-corrected chi connectivity index (χ1v) is 5.81. The van der Waals surface area contributed by atoms with E-state index in [1.54, 1.807) is 0 Å². The average Bonchev–Trinajstić information content (AvgIpc) is 2.22. The first-order valence-electron chi connectivity index (χ1n) is 4.83. The molecule has 0 fully saturated rings. The maximum atomic E-state index is 12.9. The van der Waals surface area contributed by atoms with Crippen molar-refractivity contribution in [3.63, 3.8) is 0 Å². The molecule has 0 N–H and O–H groups in total. The minimum absolute atomic E-state index is 0.113. The van der Waals surface area contributed by atoms with Crippen LogP contribution in [0.4, 0.5) is 30.7 Å². The van der Waals surface area contributed by atoms with Crippen molar-refractivity contribution in [3.05, 3.63) is 0 Å². The van der Waals surface area contributed by atoms with E-state index in [1.165, 1.54) is 6.92 Å². The van der Waals surface area contributed by atoms with Crippen LogP contribution in [0.15, 0.2) is 0 Å². The number of hydrogen-bond donors (Lipinski definition) is 0. The van der Waals surface area contributed by atoms with Gasteiger partial charge < -0.3 is 0 Å². The fraction of sp³-hybridized carbons (Fsp3) is 0.889. The Morgan fingerprint density at radius 1 is 1.17 bits per heavy atom. The molecular weight excluding hydrogens is 289 g/mol. The molecule has 0 radical (unpaired) electrons. The number of halogens is 7. The number of thioether (sulfide) groups is 1. The Labute approximate surface area is 103 Å². The smallest absolute Gasteiger partial charge is 0.288 e. The monoisotopic (exact) mass is 300 g/mol. The first-order chi connectivity index (χ1) is 8.01. The molecule has 0 saturated carbocycles. The molecule has 0 aliphatic heterocycles. The van der Waals surface area contributed by atoms with Crippen LogP contribution in [0.1, 0.15) is 19.8 Å². The molecule has 0 bridgehead atoms. The fourth-order valence-electron chi connectivity index (χ4n) is 1.04. The summed E-state index contributed by atoms with van der Waals surface area (Å²) in [7, 11) is 0. The number of hydrogen-bond acceptors (Lipinski definition) is 2. The highest BCUT2D eigenvalue weighted by Gasteiger charge is 2.60. The Hall–Kier alpha value is -0.470. The molecule has 9 heteroatoms. The number of carbonyl (C=O) groups excluding carboxylic acids is 1. The average molecular weight is 300 g/mol. The predicted octanol–water partition coefficient (Wildman–Crippen LogP) is 3.92. The second kappa shape index (κ2) is 6.63. The summed E-state index contributed by atoms with van der Waals surface area (Å²) in [5.41, 5.74) is 0. The Morgan fingerprint density at radius 2 is 1.67 bits per heavy atom. The minimum atomic E-state index is -5.39. The number of rotatable bonds is 7. The zero-order chi connectivity index (χ0) is 14.6. The van der Waals surface area contributed by atoms with Crippen LogP contribution < -0.4 is 0 Å². The Balaban J connectivity index is 4.39. The third kappa shape index (κ3) is 5.03. The lowest BCUT2D eigenvalue weighted by molar-refractivity contribution is -0.232. The second-order valence-corrected chi connectivity index (χ2v) is 4.81. The summed E-state index contributed by atoms with van der Waals surface area (Å²) in [5, 5.41) is -0.368. The van der Waals surface area contributed by atoms with Gasteiger partial charge in [0, 0.05) is 19.1 Å². The van der Waals surface area contributed by atoms with Gasteiger partial charge in [0.1, 0.15) is 0 Å². The largest absolute Gasteiger partial charge is 0.343 e. The summed E-state index contributed by atoms with van der Waals surface area (Å²) in [4.78, 5) is 10.4. The van der Waals surface area contributed by atoms with Crippen LogP contribution in [0.2, 0.25) is 0 Å². The first kappa shape index (κ1) is 17.5. The van der Waals surface area contributed by atoms with E-state index in [2.05, 4.69) is 0 Å². The van der Waals surface area contributed by atoms with Gasteiger partial charge in [-0.25, -0.2) is 22.0 Å². The lowest BCUT2D eigenvalue weighted by Crippen LogP contribution is -2.48. The highest BCUT2D eigenvalue weighted by atomic mass is 32.2. The van der Waals surface area contributed by atoms with Crippen LogP contribution in [0.3, 0.4) is 0 Å². The van der Waals surface area contributed by atoms with Crippen LogP contribution >= 0.6 is 11.8 Å². The molecule has 1 unspecified atom stereocenters. The topological polar surface area (TPSA) is 17.1 Å². The molecular formula is C9H11F7OS. The van der Waals surface area contributed by atoms with Gasteiger partial charge in [-0.05, 0) is 6.42 Å². The summed E-state index contributed by atoms with van der Waals surface area (Å²) in [5.74, 6) is -10.1. The molecule has 108 valence electrons. The van der Waals surface area contributed by atoms with Crippen molar-refractivity contribution in [2.75, 3.05) is 5.75 Å². The van der Waals surface area contributed by atoms with E-state index in [0.29, 0.717) is 11.8 Å². The normalized spacial score (nSPS) is 14.9. The molecule has 0 spiro atoms. The van der Waals surface area contributed by atoms with Gasteiger partial charge in [-0.2, -0.15) is 8.78 Å². The van der Waals surface area contributed by atoms with Gasteiger partial charge in [-0.3, -0.25) is 4.79 Å². The van der Waals surface area contributed by atoms with E-state index in [9.17, 15) is 35.5 Å². The SMILES string of the molecule is CC(=O)SCCCC(F)(F)C(F)C(F)(F)C(F)F. The summed E-state index contributed by atoms with van der Waals surface area (Å²) < 4.78 is 86.8. The molecule has 0 heterocycles. The molecule has 1 nitrogen and oxygen atoms in total. The van der Waals surface area contributed by atoms with Crippen LogP contribution in [0.5, 0.6) is 0 Å². The van der Waals surface area contributed by atoms with Gasteiger partial charge in [-0.15, -0.1) is 0 Å². The van der Waals surface area contributed by atoms with E-state index in [-0.39, 0.29) is 10.9 Å². The van der Waals surface area contributed by atoms with Crippen molar-refractivity contribution < 1.29 is 35.5 Å². The highest BCUT2D eigenvalue weighted by molar-refractivity contribution is 8.13. The molecule has 1 atom stereocenters. The minimum Gasteiger partial charge on any atom is -0.288 e. The van der Waals surface area contributed by atoms with Crippen LogP contribution in [-0.4, -0.2) is 35.3 Å². The summed E-state index contributed by atoms with van der Waals surface area (Å²) >= 11 is 0.667. The lowest BCUT2D eigenvalue weighted by atomic mass is 10.0. The standard InChI is InChI=1S/C9H11F7OS/c1-5(17)18-4-2-3-8(13,14)6(10)9(15,16)7(11)12/h6-7H,2-4H2,1H3. The molecule has 0 rings (SSSR count). The van der Waals surface area contributed by atoms with Gasteiger partial charge in [-0.1, -0.05) is 11.8 Å². The zero-order valence-corrected chi connectivity index (χ0v) is 10.1. The molecule has 0 aromatic rings. The second-order valence-electron chi connectivity index (χ2n) is 3.54. The Bertz CT molecular complexity index is 282. The van der Waals surface area contributed by atoms with Gasteiger partial charge in [0.15, 0.2) is 5.12 Å². The maximum Gasteiger partial charge on any atom is 0.343 e. The molecule has 0 aliphatic carbocycles. The molecule has 0 saturated heterocycles. The fourth-order valence-corrected chi connectivity index (χ4v) is 1.62. The lowest BCUT2D eigenvalue weighted by Gasteiger charge is -2.26. The van der Waals surface area contributed by atoms with E-state index >= 15 is 0 Å². The van der Waals surface area contributed by atoms with Gasteiger partial charge in [0.2, 0.25) is 6.17 Å². The van der Waals surface area contributed by atoms with Crippen LogP contribution in [0.25, 0.3) is 0 Å². The van der Waals surface area contributed by atoms with Gasteiger partial charge in [0.25, 0.3) is 5.92 Å². The Kier molecular flexibility index (Phi) is 6.45. The molecule has 0 aliphatic rings. The maximum absolute atomic E-state index is 12.9.